The van der Waals surface area contributed by atoms with Crippen LogP contribution in [-0.2, 0) is 15.8 Å². The lowest BCUT2D eigenvalue weighted by Gasteiger charge is -1.98. The van der Waals surface area contributed by atoms with Crippen LogP contribution in [0.1, 0.15) is 5.56 Å². The third-order valence-electron chi connectivity index (χ3n) is 1.28. The summed E-state index contributed by atoms with van der Waals surface area (Å²) >= 11 is 3.24. The van der Waals surface area contributed by atoms with Crippen LogP contribution < -0.4 is 5.14 Å². The average Bonchev–Trinajstić information content (AvgIpc) is 1.91. The summed E-state index contributed by atoms with van der Waals surface area (Å²) in [7, 11) is -3.41. The van der Waals surface area contributed by atoms with Crippen molar-refractivity contribution >= 4 is 26.0 Å². The predicted octanol–water partition coefficient (Wildman–Crippen LogP) is 1.24. The highest BCUT2D eigenvalue weighted by atomic mass is 79.9. The Bertz CT molecular complexity index is 357. The van der Waals surface area contributed by atoms with Crippen LogP contribution in [0.15, 0.2) is 28.7 Å². The quantitative estimate of drug-likeness (QED) is 0.858. The van der Waals surface area contributed by atoms with Crippen molar-refractivity contribution in [3.63, 3.8) is 0 Å². The van der Waals surface area contributed by atoms with E-state index >= 15 is 0 Å². The number of hydrogen-bond donors (Lipinski definition) is 1. The summed E-state index contributed by atoms with van der Waals surface area (Å²) in [5, 5.41) is 4.87. The molecular weight excluding hydrogens is 242 g/mol. The van der Waals surface area contributed by atoms with Crippen molar-refractivity contribution in [1.82, 2.24) is 0 Å². The Morgan fingerprint density at radius 2 is 1.75 bits per heavy atom. The lowest BCUT2D eigenvalue weighted by molar-refractivity contribution is 0.597. The van der Waals surface area contributed by atoms with Crippen molar-refractivity contribution in [1.29, 1.82) is 0 Å². The molecule has 0 saturated heterocycles. The topological polar surface area (TPSA) is 60.2 Å². The zero-order valence-corrected chi connectivity index (χ0v) is 8.60. The van der Waals surface area contributed by atoms with Gasteiger partial charge in [-0.2, -0.15) is 0 Å². The Hall–Kier alpha value is -0.390. The number of hydrogen-bond acceptors (Lipinski definition) is 2. The Morgan fingerprint density at radius 3 is 2.17 bits per heavy atom. The predicted molar refractivity (Wildman–Crippen MR) is 51.0 cm³/mol. The van der Waals surface area contributed by atoms with Crippen LogP contribution in [0, 0.1) is 0 Å². The number of primary sulfonamides is 1. The van der Waals surface area contributed by atoms with Crippen LogP contribution >= 0.6 is 15.9 Å². The lowest BCUT2D eigenvalue weighted by atomic mass is 10.2. The first-order valence-electron chi connectivity index (χ1n) is 3.22. The van der Waals surface area contributed by atoms with Crippen LogP contribution in [-0.4, -0.2) is 8.42 Å². The van der Waals surface area contributed by atoms with E-state index in [9.17, 15) is 8.42 Å². The second-order valence-electron chi connectivity index (χ2n) is 2.43. The van der Waals surface area contributed by atoms with Crippen LogP contribution in [0.2, 0.25) is 0 Å². The third kappa shape index (κ3) is 3.34. The van der Waals surface area contributed by atoms with E-state index in [-0.39, 0.29) is 5.75 Å². The summed E-state index contributed by atoms with van der Waals surface area (Å²) in [5.74, 6) is -0.111. The minimum Gasteiger partial charge on any atom is -0.228 e. The fourth-order valence-corrected chi connectivity index (χ4v) is 1.73. The summed E-state index contributed by atoms with van der Waals surface area (Å²) in [5.41, 5.74) is 0.695. The van der Waals surface area contributed by atoms with Crippen molar-refractivity contribution in [3.8, 4) is 0 Å². The molecule has 0 bridgehead atoms. The molecule has 0 amide bonds. The standard InChI is InChI=1S/C7H8BrNO2S/c8-7-3-1-6(2-4-7)5-12(9,10)11/h1-4H,5H2,(H2,9,10,11). The van der Waals surface area contributed by atoms with Crippen LogP contribution in [0.4, 0.5) is 0 Å². The van der Waals surface area contributed by atoms with Crippen molar-refractivity contribution in [3.05, 3.63) is 34.3 Å². The Kier molecular flexibility index (Phi) is 2.87. The highest BCUT2D eigenvalue weighted by Gasteiger charge is 2.03. The summed E-state index contributed by atoms with van der Waals surface area (Å²) in [6, 6.07) is 6.99. The van der Waals surface area contributed by atoms with E-state index in [2.05, 4.69) is 15.9 Å². The highest BCUT2D eigenvalue weighted by Crippen LogP contribution is 2.11. The Balaban J connectivity index is 2.85. The smallest absolute Gasteiger partial charge is 0.213 e. The van der Waals surface area contributed by atoms with Crippen molar-refractivity contribution in [2.45, 2.75) is 5.75 Å². The molecule has 0 radical (unpaired) electrons. The molecule has 1 rings (SSSR count). The van der Waals surface area contributed by atoms with Crippen molar-refractivity contribution in [2.75, 3.05) is 0 Å². The summed E-state index contributed by atoms with van der Waals surface area (Å²) in [4.78, 5) is 0. The van der Waals surface area contributed by atoms with E-state index in [4.69, 9.17) is 5.14 Å². The van der Waals surface area contributed by atoms with Crippen LogP contribution in [0.25, 0.3) is 0 Å². The first-order chi connectivity index (χ1) is 5.47. The van der Waals surface area contributed by atoms with E-state index < -0.39 is 10.0 Å². The molecule has 0 aliphatic carbocycles. The maximum absolute atomic E-state index is 10.7. The van der Waals surface area contributed by atoms with Gasteiger partial charge in [-0.1, -0.05) is 28.1 Å². The van der Waals surface area contributed by atoms with E-state index in [1.807, 2.05) is 0 Å². The summed E-state index contributed by atoms with van der Waals surface area (Å²) < 4.78 is 22.2. The fraction of sp³-hybridized carbons (Fsp3) is 0.143. The minimum atomic E-state index is -3.41. The van der Waals surface area contributed by atoms with E-state index in [0.29, 0.717) is 5.56 Å². The molecule has 1 aromatic carbocycles. The zero-order chi connectivity index (χ0) is 9.19. The molecule has 0 aromatic heterocycles. The Labute approximate surface area is 79.8 Å². The molecule has 0 fully saturated rings. The van der Waals surface area contributed by atoms with Crippen LogP contribution in [0.5, 0.6) is 0 Å². The van der Waals surface area contributed by atoms with Gasteiger partial charge < -0.3 is 0 Å². The molecule has 12 heavy (non-hydrogen) atoms. The van der Waals surface area contributed by atoms with Gasteiger partial charge in [-0.25, -0.2) is 13.6 Å². The molecule has 0 atom stereocenters. The first kappa shape index (κ1) is 9.70. The second-order valence-corrected chi connectivity index (χ2v) is 4.96. The van der Waals surface area contributed by atoms with Gasteiger partial charge in [0.15, 0.2) is 0 Å². The van der Waals surface area contributed by atoms with Crippen LogP contribution in [0.3, 0.4) is 0 Å². The van der Waals surface area contributed by atoms with Gasteiger partial charge in [0.25, 0.3) is 0 Å². The van der Waals surface area contributed by atoms with Crippen molar-refractivity contribution in [2.24, 2.45) is 5.14 Å². The minimum absolute atomic E-state index is 0.111. The van der Waals surface area contributed by atoms with Gasteiger partial charge in [0.05, 0.1) is 5.75 Å². The van der Waals surface area contributed by atoms with Gasteiger partial charge in [0.1, 0.15) is 0 Å². The maximum Gasteiger partial charge on any atom is 0.213 e. The molecule has 0 saturated carbocycles. The molecule has 0 heterocycles. The Morgan fingerprint density at radius 1 is 1.25 bits per heavy atom. The van der Waals surface area contributed by atoms with Gasteiger partial charge in [0, 0.05) is 4.47 Å². The van der Waals surface area contributed by atoms with Crippen molar-refractivity contribution < 1.29 is 8.42 Å². The maximum atomic E-state index is 10.7. The molecule has 0 unspecified atom stereocenters. The molecule has 5 heteroatoms. The molecule has 0 aliphatic heterocycles. The van der Waals surface area contributed by atoms with Gasteiger partial charge in [-0.15, -0.1) is 0 Å². The number of sulfonamides is 1. The molecule has 3 nitrogen and oxygen atoms in total. The number of nitrogens with two attached hydrogens (primary N) is 1. The van der Waals surface area contributed by atoms with Gasteiger partial charge >= 0.3 is 0 Å². The average molecular weight is 250 g/mol. The van der Waals surface area contributed by atoms with Gasteiger partial charge in [0.2, 0.25) is 10.0 Å². The molecule has 0 spiro atoms. The fourth-order valence-electron chi connectivity index (χ4n) is 0.813. The molecule has 1 aromatic rings. The number of benzene rings is 1. The normalized spacial score (nSPS) is 11.5. The third-order valence-corrected chi connectivity index (χ3v) is 2.55. The summed E-state index contributed by atoms with van der Waals surface area (Å²) in [6.45, 7) is 0. The first-order valence-corrected chi connectivity index (χ1v) is 5.73. The second kappa shape index (κ2) is 3.55. The molecular formula is C7H8BrNO2S. The number of halogens is 1. The summed E-state index contributed by atoms with van der Waals surface area (Å²) in [6.07, 6.45) is 0. The zero-order valence-electron chi connectivity index (χ0n) is 6.20. The van der Waals surface area contributed by atoms with E-state index in [1.165, 1.54) is 0 Å². The molecule has 0 aliphatic rings. The van der Waals surface area contributed by atoms with Gasteiger partial charge in [-0.05, 0) is 17.7 Å². The molecule has 66 valence electrons. The number of rotatable bonds is 2. The SMILES string of the molecule is NS(=O)(=O)Cc1ccc(Br)cc1. The van der Waals surface area contributed by atoms with E-state index in [0.717, 1.165) is 4.47 Å². The highest BCUT2D eigenvalue weighted by molar-refractivity contribution is 9.10. The van der Waals surface area contributed by atoms with Gasteiger partial charge in [-0.3, -0.25) is 0 Å². The monoisotopic (exact) mass is 249 g/mol. The largest absolute Gasteiger partial charge is 0.228 e. The lowest BCUT2D eigenvalue weighted by Crippen LogP contribution is -2.14. The molecule has 2 N–H and O–H groups in total. The van der Waals surface area contributed by atoms with E-state index in [1.54, 1.807) is 24.3 Å².